The molecule has 30 heavy (non-hydrogen) atoms. The maximum atomic E-state index is 10.3. The van der Waals surface area contributed by atoms with Crippen LogP contribution in [0.1, 0.15) is 55.6 Å². The molecule has 5 rings (SSSR count). The monoisotopic (exact) mass is 442 g/mol. The van der Waals surface area contributed by atoms with Crippen molar-refractivity contribution in [2.75, 3.05) is 0 Å². The van der Waals surface area contributed by atoms with Crippen molar-refractivity contribution in [2.45, 2.75) is 70.2 Å². The van der Waals surface area contributed by atoms with E-state index in [9.17, 15) is 5.11 Å². The van der Waals surface area contributed by atoms with Gasteiger partial charge in [-0.15, -0.1) is 11.3 Å². The molecule has 2 aromatic heterocycles. The second-order valence-corrected chi connectivity index (χ2v) is 10.1. The van der Waals surface area contributed by atoms with E-state index in [1.807, 2.05) is 37.4 Å². The summed E-state index contributed by atoms with van der Waals surface area (Å²) in [4.78, 5) is 5.49. The van der Waals surface area contributed by atoms with E-state index in [0.29, 0.717) is 23.5 Å². The molecule has 0 aliphatic carbocycles. The Morgan fingerprint density at radius 1 is 1.23 bits per heavy atom. The van der Waals surface area contributed by atoms with Crippen molar-refractivity contribution in [3.05, 3.63) is 45.9 Å². The van der Waals surface area contributed by atoms with Gasteiger partial charge in [0.1, 0.15) is 11.9 Å². The molecular weight excluding hydrogens is 416 g/mol. The van der Waals surface area contributed by atoms with Gasteiger partial charge >= 0.3 is 0 Å². The molecule has 1 aromatic carbocycles. The van der Waals surface area contributed by atoms with Crippen molar-refractivity contribution < 1.29 is 9.84 Å². The molecule has 3 aromatic rings. The smallest absolute Gasteiger partial charge is 0.130 e. The molecule has 2 bridgehead atoms. The fourth-order valence-corrected chi connectivity index (χ4v) is 6.37. The summed E-state index contributed by atoms with van der Waals surface area (Å²) in [6.07, 6.45) is 6.88. The van der Waals surface area contributed by atoms with Gasteiger partial charge in [-0.1, -0.05) is 18.5 Å². The van der Waals surface area contributed by atoms with E-state index in [1.54, 1.807) is 11.3 Å². The summed E-state index contributed by atoms with van der Waals surface area (Å²) in [5, 5.41) is 14.7. The molecule has 2 aliphatic rings. The van der Waals surface area contributed by atoms with Crippen LogP contribution in [-0.4, -0.2) is 28.3 Å². The fourth-order valence-electron chi connectivity index (χ4n) is 4.89. The molecule has 2 unspecified atom stereocenters. The summed E-state index contributed by atoms with van der Waals surface area (Å²) in [6.45, 7) is 4.06. The van der Waals surface area contributed by atoms with Crippen LogP contribution in [0.3, 0.4) is 0 Å². The molecule has 6 heteroatoms. The van der Waals surface area contributed by atoms with Crippen LogP contribution >= 0.6 is 22.9 Å². The van der Waals surface area contributed by atoms with E-state index >= 15 is 0 Å². The van der Waals surface area contributed by atoms with E-state index < -0.39 is 6.10 Å². The second kappa shape index (κ2) is 8.12. The van der Waals surface area contributed by atoms with E-state index in [2.05, 4.69) is 17.2 Å². The van der Waals surface area contributed by atoms with Crippen molar-refractivity contribution in [3.8, 4) is 16.9 Å². The zero-order valence-electron chi connectivity index (χ0n) is 17.3. The zero-order chi connectivity index (χ0) is 20.8. The Bertz CT molecular complexity index is 1070. The predicted octanol–water partition coefficient (Wildman–Crippen LogP) is 6.03. The van der Waals surface area contributed by atoms with E-state index in [4.69, 9.17) is 16.3 Å². The van der Waals surface area contributed by atoms with Crippen LogP contribution in [-0.2, 0) is 0 Å². The molecule has 2 saturated heterocycles. The molecule has 2 N–H and O–H groups in total. The first-order valence-electron chi connectivity index (χ1n) is 10.8. The second-order valence-electron chi connectivity index (χ2n) is 8.59. The minimum Gasteiger partial charge on any atom is -0.489 e. The van der Waals surface area contributed by atoms with Gasteiger partial charge in [0.2, 0.25) is 0 Å². The van der Waals surface area contributed by atoms with Crippen molar-refractivity contribution in [1.82, 2.24) is 10.3 Å². The molecule has 0 amide bonds. The summed E-state index contributed by atoms with van der Waals surface area (Å²) >= 11 is 8.09. The molecular formula is C24H27ClN2O2S. The first-order chi connectivity index (χ1) is 14.5. The number of fused-ring (bicyclic) bond motifs is 3. The van der Waals surface area contributed by atoms with Crippen LogP contribution in [0.25, 0.3) is 21.3 Å². The predicted molar refractivity (Wildman–Crippen MR) is 124 cm³/mol. The Balaban J connectivity index is 1.58. The third-order valence-corrected chi connectivity index (χ3v) is 7.87. The van der Waals surface area contributed by atoms with Crippen LogP contribution in [0.2, 0.25) is 5.02 Å². The van der Waals surface area contributed by atoms with Gasteiger partial charge in [0.25, 0.3) is 0 Å². The number of rotatable bonds is 5. The molecule has 2 aliphatic heterocycles. The van der Waals surface area contributed by atoms with Gasteiger partial charge in [-0.25, -0.2) is 0 Å². The maximum absolute atomic E-state index is 10.3. The highest BCUT2D eigenvalue weighted by molar-refractivity contribution is 7.19. The number of hydrogen-bond acceptors (Lipinski definition) is 5. The highest BCUT2D eigenvalue weighted by atomic mass is 35.5. The average molecular weight is 443 g/mol. The van der Waals surface area contributed by atoms with E-state index in [1.165, 1.54) is 12.8 Å². The van der Waals surface area contributed by atoms with Crippen molar-refractivity contribution >= 4 is 33.2 Å². The van der Waals surface area contributed by atoms with E-state index in [-0.39, 0.29) is 6.10 Å². The number of benzene rings is 1. The number of aliphatic hydroxyl groups excluding tert-OH is 1. The van der Waals surface area contributed by atoms with Gasteiger partial charge in [0.05, 0.1) is 16.3 Å². The van der Waals surface area contributed by atoms with Gasteiger partial charge < -0.3 is 15.2 Å². The first kappa shape index (κ1) is 20.3. The number of ether oxygens (including phenoxy) is 1. The number of pyridine rings is 1. The van der Waals surface area contributed by atoms with Crippen LogP contribution in [0.4, 0.5) is 0 Å². The molecule has 0 spiro atoms. The minimum absolute atomic E-state index is 0.223. The van der Waals surface area contributed by atoms with Crippen molar-refractivity contribution in [1.29, 1.82) is 0 Å². The Morgan fingerprint density at radius 2 is 2.00 bits per heavy atom. The third-order valence-electron chi connectivity index (χ3n) is 6.39. The maximum Gasteiger partial charge on any atom is 0.130 e. The molecule has 158 valence electrons. The van der Waals surface area contributed by atoms with Gasteiger partial charge in [-0.2, -0.15) is 0 Å². The van der Waals surface area contributed by atoms with Crippen LogP contribution in [0.5, 0.6) is 5.75 Å². The Kier molecular flexibility index (Phi) is 5.48. The Hall–Kier alpha value is -1.66. The zero-order valence-corrected chi connectivity index (χ0v) is 18.9. The van der Waals surface area contributed by atoms with Crippen LogP contribution in [0, 0.1) is 6.92 Å². The topological polar surface area (TPSA) is 54.4 Å². The standard InChI is InChI=1S/C24H27ClN2O2S/c1-3-21(28)22-12-20-24(30-22)18(6-7-26-20)19-9-14(25)8-13(2)23(19)29-17-10-15-4-5-16(11-17)27-15/h6-9,12,15-17,21,27-28H,3-5,10-11H2,1-2H3/t15-,16+,17?,21?. The number of piperidine rings is 1. The van der Waals surface area contributed by atoms with Gasteiger partial charge in [0, 0.05) is 39.3 Å². The largest absolute Gasteiger partial charge is 0.489 e. The molecule has 4 nitrogen and oxygen atoms in total. The fraction of sp³-hybridized carbons (Fsp3) is 0.458. The normalized spacial score (nSPS) is 24.3. The average Bonchev–Trinajstić information content (AvgIpc) is 3.32. The lowest BCUT2D eigenvalue weighted by Crippen LogP contribution is -2.42. The van der Waals surface area contributed by atoms with Crippen LogP contribution in [0.15, 0.2) is 30.5 Å². The summed E-state index contributed by atoms with van der Waals surface area (Å²) in [6, 6.07) is 9.17. The number of thiophene rings is 1. The SMILES string of the molecule is CCC(O)c1cc2nccc(-c3cc(Cl)cc(C)c3OC3C[C@H]4CC[C@@H](C3)N4)c2s1. The number of nitrogens with one attached hydrogen (secondary N) is 1. The van der Waals surface area contributed by atoms with E-state index in [0.717, 1.165) is 50.4 Å². The van der Waals surface area contributed by atoms with Gasteiger partial charge in [-0.3, -0.25) is 4.98 Å². The number of hydrogen-bond donors (Lipinski definition) is 2. The van der Waals surface area contributed by atoms with Crippen molar-refractivity contribution in [2.24, 2.45) is 0 Å². The lowest BCUT2D eigenvalue weighted by Gasteiger charge is -2.31. The molecule has 4 atom stereocenters. The highest BCUT2D eigenvalue weighted by Gasteiger charge is 2.35. The van der Waals surface area contributed by atoms with Gasteiger partial charge in [-0.05, 0) is 68.9 Å². The summed E-state index contributed by atoms with van der Waals surface area (Å²) in [7, 11) is 0. The summed E-state index contributed by atoms with van der Waals surface area (Å²) in [5.41, 5.74) is 4.04. The number of halogens is 1. The highest BCUT2D eigenvalue weighted by Crippen LogP contribution is 2.43. The molecule has 0 saturated carbocycles. The third kappa shape index (κ3) is 3.73. The molecule has 0 radical (unpaired) electrons. The number of aromatic nitrogens is 1. The lowest BCUT2D eigenvalue weighted by molar-refractivity contribution is 0.137. The van der Waals surface area contributed by atoms with Gasteiger partial charge in [0.15, 0.2) is 0 Å². The Labute approximate surface area is 186 Å². The quantitative estimate of drug-likeness (QED) is 0.506. The number of nitrogens with zero attached hydrogens (tertiary/aromatic N) is 1. The molecule has 4 heterocycles. The number of aliphatic hydroxyl groups is 1. The number of aryl methyl sites for hydroxylation is 1. The minimum atomic E-state index is -0.459. The summed E-state index contributed by atoms with van der Waals surface area (Å²) in [5.74, 6) is 0.921. The summed E-state index contributed by atoms with van der Waals surface area (Å²) < 4.78 is 7.73. The molecule has 2 fully saturated rings. The Morgan fingerprint density at radius 3 is 2.73 bits per heavy atom. The lowest BCUT2D eigenvalue weighted by atomic mass is 10.00. The first-order valence-corrected chi connectivity index (χ1v) is 12.0. The van der Waals surface area contributed by atoms with Crippen LogP contribution < -0.4 is 10.1 Å². The van der Waals surface area contributed by atoms with Crippen molar-refractivity contribution in [3.63, 3.8) is 0 Å².